The third-order valence-electron chi connectivity index (χ3n) is 6.14. The van der Waals surface area contributed by atoms with Crippen molar-refractivity contribution in [1.82, 2.24) is 14.8 Å². The van der Waals surface area contributed by atoms with Crippen LogP contribution in [0.5, 0.6) is 0 Å². The summed E-state index contributed by atoms with van der Waals surface area (Å²) in [5.41, 5.74) is 2.00. The van der Waals surface area contributed by atoms with Gasteiger partial charge in [-0.2, -0.15) is 0 Å². The molecule has 0 N–H and O–H groups in total. The first-order valence-corrected chi connectivity index (χ1v) is 12.3. The fourth-order valence-electron chi connectivity index (χ4n) is 4.64. The van der Waals surface area contributed by atoms with Gasteiger partial charge in [0.1, 0.15) is 0 Å². The van der Waals surface area contributed by atoms with Crippen molar-refractivity contribution < 1.29 is 9.53 Å². The van der Waals surface area contributed by atoms with Crippen LogP contribution in [0.2, 0.25) is 0 Å². The number of pyridine rings is 1. The lowest BCUT2D eigenvalue weighted by atomic mass is 9.95. The second-order valence-electron chi connectivity index (χ2n) is 8.89. The summed E-state index contributed by atoms with van der Waals surface area (Å²) >= 11 is 1.77. The number of rotatable bonds is 6. The number of hydrogen-bond donors (Lipinski definition) is 0. The number of aromatic nitrogens is 1. The second-order valence-corrected chi connectivity index (χ2v) is 9.93. The summed E-state index contributed by atoms with van der Waals surface area (Å²) in [4.78, 5) is 22.9. The first-order valence-electron chi connectivity index (χ1n) is 11.4. The molecule has 2 saturated heterocycles. The Kier molecular flexibility index (Phi) is 7.64. The first-order chi connectivity index (χ1) is 15.1. The molecule has 2 aliphatic heterocycles. The molecule has 6 heteroatoms. The van der Waals surface area contributed by atoms with Crippen molar-refractivity contribution in [3.8, 4) is 0 Å². The Bertz CT molecular complexity index is 828. The van der Waals surface area contributed by atoms with E-state index in [1.807, 2.05) is 29.3 Å². The number of piperidine rings is 1. The smallest absolute Gasteiger partial charge is 0.253 e. The van der Waals surface area contributed by atoms with Gasteiger partial charge in [0.05, 0.1) is 12.2 Å². The summed E-state index contributed by atoms with van der Waals surface area (Å²) in [6.45, 7) is 9.21. The number of morpholine rings is 1. The maximum absolute atomic E-state index is 13.0. The number of carbonyl (C=O) groups is 1. The van der Waals surface area contributed by atoms with Crippen molar-refractivity contribution >= 4 is 17.7 Å². The third kappa shape index (κ3) is 6.31. The summed E-state index contributed by atoms with van der Waals surface area (Å²) in [5, 5.41) is 0. The van der Waals surface area contributed by atoms with Crippen molar-refractivity contribution in [2.75, 3.05) is 32.7 Å². The molecule has 166 valence electrons. The maximum Gasteiger partial charge on any atom is 0.253 e. The fraction of sp³-hybridized carbons (Fsp3) is 0.520. The highest BCUT2D eigenvalue weighted by Crippen LogP contribution is 2.25. The van der Waals surface area contributed by atoms with Crippen molar-refractivity contribution in [2.24, 2.45) is 5.92 Å². The molecule has 1 aromatic carbocycles. The average molecular weight is 440 g/mol. The van der Waals surface area contributed by atoms with E-state index in [0.717, 1.165) is 56.9 Å². The van der Waals surface area contributed by atoms with Gasteiger partial charge in [-0.15, -0.1) is 11.8 Å². The SMILES string of the molecule is CC1CN(CC2CCN(C(=O)c3ccc(SCc4cccnc4)cc3)CC2)CC(C)O1. The summed E-state index contributed by atoms with van der Waals surface area (Å²) in [6.07, 6.45) is 6.50. The molecule has 1 amide bonds. The minimum Gasteiger partial charge on any atom is -0.373 e. The van der Waals surface area contributed by atoms with Gasteiger partial charge in [-0.25, -0.2) is 0 Å². The fourth-order valence-corrected chi connectivity index (χ4v) is 5.48. The molecule has 2 aromatic rings. The molecule has 2 unspecified atom stereocenters. The normalized spacial score (nSPS) is 23.1. The topological polar surface area (TPSA) is 45.7 Å². The lowest BCUT2D eigenvalue weighted by molar-refractivity contribution is -0.0728. The standard InChI is InChI=1S/C25H33N3O2S/c1-19-15-27(16-20(2)30-19)17-21-9-12-28(13-10-21)25(29)23-5-7-24(8-6-23)31-18-22-4-3-11-26-14-22/h3-8,11,14,19-21H,9-10,12-13,15-18H2,1-2H3. The summed E-state index contributed by atoms with van der Waals surface area (Å²) in [6, 6.07) is 12.1. The number of benzene rings is 1. The molecule has 0 radical (unpaired) electrons. The third-order valence-corrected chi connectivity index (χ3v) is 7.23. The predicted octanol–water partition coefficient (Wildman–Crippen LogP) is 4.34. The molecule has 0 spiro atoms. The number of hydrogen-bond acceptors (Lipinski definition) is 5. The van der Waals surface area contributed by atoms with Crippen LogP contribution in [0, 0.1) is 5.92 Å². The highest BCUT2D eigenvalue weighted by Gasteiger charge is 2.28. The lowest BCUT2D eigenvalue weighted by Crippen LogP contribution is -2.48. The van der Waals surface area contributed by atoms with Crippen molar-refractivity contribution in [3.05, 3.63) is 59.9 Å². The molecule has 2 fully saturated rings. The highest BCUT2D eigenvalue weighted by atomic mass is 32.2. The number of thioether (sulfide) groups is 1. The van der Waals surface area contributed by atoms with Crippen LogP contribution >= 0.6 is 11.8 Å². The van der Waals surface area contributed by atoms with Gasteiger partial charge in [0.15, 0.2) is 0 Å². The van der Waals surface area contributed by atoms with Crippen molar-refractivity contribution in [2.45, 2.75) is 49.5 Å². The van der Waals surface area contributed by atoms with E-state index >= 15 is 0 Å². The van der Waals surface area contributed by atoms with Gasteiger partial charge in [-0.1, -0.05) is 6.07 Å². The highest BCUT2D eigenvalue weighted by molar-refractivity contribution is 7.98. The molecule has 2 atom stereocenters. The van der Waals surface area contributed by atoms with Gasteiger partial charge >= 0.3 is 0 Å². The monoisotopic (exact) mass is 439 g/mol. The van der Waals surface area contributed by atoms with Crippen LogP contribution in [-0.2, 0) is 10.5 Å². The van der Waals surface area contributed by atoms with E-state index in [-0.39, 0.29) is 5.91 Å². The number of likely N-dealkylation sites (tertiary alicyclic amines) is 1. The number of carbonyl (C=O) groups excluding carboxylic acids is 1. The Morgan fingerprint density at radius 1 is 1.10 bits per heavy atom. The molecular weight excluding hydrogens is 406 g/mol. The molecule has 0 bridgehead atoms. The molecule has 5 nitrogen and oxygen atoms in total. The Balaban J connectivity index is 1.24. The predicted molar refractivity (Wildman–Crippen MR) is 125 cm³/mol. The zero-order valence-corrected chi connectivity index (χ0v) is 19.4. The van der Waals surface area contributed by atoms with Crippen LogP contribution in [0.15, 0.2) is 53.7 Å². The van der Waals surface area contributed by atoms with Gasteiger partial charge < -0.3 is 9.64 Å². The number of nitrogens with zero attached hydrogens (tertiary/aromatic N) is 3. The second kappa shape index (κ2) is 10.6. The average Bonchev–Trinajstić information content (AvgIpc) is 2.78. The van der Waals surface area contributed by atoms with Crippen LogP contribution in [-0.4, -0.2) is 65.6 Å². The van der Waals surface area contributed by atoms with Gasteiger partial charge in [0, 0.05) is 61.3 Å². The van der Waals surface area contributed by atoms with Crippen molar-refractivity contribution in [3.63, 3.8) is 0 Å². The molecule has 2 aliphatic rings. The van der Waals surface area contributed by atoms with E-state index < -0.39 is 0 Å². The lowest BCUT2D eigenvalue weighted by Gasteiger charge is -2.39. The first kappa shape index (κ1) is 22.3. The van der Waals surface area contributed by atoms with E-state index in [2.05, 4.69) is 41.9 Å². The van der Waals surface area contributed by atoms with Gasteiger partial charge in [-0.05, 0) is 68.5 Å². The zero-order chi connectivity index (χ0) is 21.6. The molecule has 3 heterocycles. The maximum atomic E-state index is 13.0. The Morgan fingerprint density at radius 3 is 2.45 bits per heavy atom. The molecule has 0 saturated carbocycles. The Labute approximate surface area is 190 Å². The van der Waals surface area contributed by atoms with Gasteiger partial charge in [0.2, 0.25) is 0 Å². The Hall–Kier alpha value is -1.89. The van der Waals surface area contributed by atoms with Gasteiger partial charge in [-0.3, -0.25) is 14.7 Å². The van der Waals surface area contributed by atoms with E-state index in [9.17, 15) is 4.79 Å². The van der Waals surface area contributed by atoms with E-state index in [4.69, 9.17) is 4.74 Å². The Morgan fingerprint density at radius 2 is 1.81 bits per heavy atom. The van der Waals surface area contributed by atoms with Crippen LogP contribution in [0.4, 0.5) is 0 Å². The minimum absolute atomic E-state index is 0.163. The van der Waals surface area contributed by atoms with E-state index in [1.54, 1.807) is 18.0 Å². The zero-order valence-electron chi connectivity index (χ0n) is 18.6. The number of amides is 1. The van der Waals surface area contributed by atoms with Gasteiger partial charge in [0.25, 0.3) is 5.91 Å². The largest absolute Gasteiger partial charge is 0.373 e. The van der Waals surface area contributed by atoms with E-state index in [1.165, 1.54) is 10.5 Å². The van der Waals surface area contributed by atoms with Crippen LogP contribution in [0.25, 0.3) is 0 Å². The molecule has 0 aliphatic carbocycles. The summed E-state index contributed by atoms with van der Waals surface area (Å²) in [5.74, 6) is 1.72. The van der Waals surface area contributed by atoms with E-state index in [0.29, 0.717) is 18.1 Å². The molecular formula is C25H33N3O2S. The van der Waals surface area contributed by atoms with Crippen LogP contribution in [0.1, 0.15) is 42.6 Å². The number of ether oxygens (including phenoxy) is 1. The molecule has 4 rings (SSSR count). The summed E-state index contributed by atoms with van der Waals surface area (Å²) in [7, 11) is 0. The van der Waals surface area contributed by atoms with Crippen molar-refractivity contribution in [1.29, 1.82) is 0 Å². The molecule has 1 aromatic heterocycles. The van der Waals surface area contributed by atoms with Crippen LogP contribution < -0.4 is 0 Å². The summed E-state index contributed by atoms with van der Waals surface area (Å²) < 4.78 is 5.85. The minimum atomic E-state index is 0.163. The van der Waals surface area contributed by atoms with Crippen LogP contribution in [0.3, 0.4) is 0 Å². The molecule has 31 heavy (non-hydrogen) atoms. The quantitative estimate of drug-likeness (QED) is 0.627.